The first-order chi connectivity index (χ1) is 13.9. The van der Waals surface area contributed by atoms with Gasteiger partial charge in [-0.2, -0.15) is 0 Å². The van der Waals surface area contributed by atoms with E-state index in [-0.39, 0.29) is 42.1 Å². The maximum Gasteiger partial charge on any atom is 0.408 e. The number of carbonyl (C=O) groups is 3. The summed E-state index contributed by atoms with van der Waals surface area (Å²) in [5.74, 6) is -0.347. The van der Waals surface area contributed by atoms with Gasteiger partial charge in [0.2, 0.25) is 11.8 Å². The Labute approximate surface area is 178 Å². The molecule has 0 heterocycles. The quantitative estimate of drug-likeness (QED) is 0.630. The van der Waals surface area contributed by atoms with Gasteiger partial charge in [-0.3, -0.25) is 9.59 Å². The molecular weight excluding hydrogens is 386 g/mol. The SMILES string of the molecule is CC(C)NC(=O)C(c1ccc(O)cc1)N(C(=O)CNC(=O)OC(C)(C)C)C1CC1C. The molecule has 3 unspecified atom stereocenters. The van der Waals surface area contributed by atoms with Crippen LogP contribution < -0.4 is 10.6 Å². The maximum atomic E-state index is 13.1. The lowest BCUT2D eigenvalue weighted by Crippen LogP contribution is -2.50. The van der Waals surface area contributed by atoms with Crippen molar-refractivity contribution in [1.82, 2.24) is 15.5 Å². The maximum absolute atomic E-state index is 13.1. The number of alkyl carbamates (subject to hydrolysis) is 1. The number of hydrogen-bond donors (Lipinski definition) is 3. The summed E-state index contributed by atoms with van der Waals surface area (Å²) in [6.07, 6.45) is 0.0919. The fourth-order valence-corrected chi connectivity index (χ4v) is 3.22. The van der Waals surface area contributed by atoms with Gasteiger partial charge in [0.15, 0.2) is 0 Å². The van der Waals surface area contributed by atoms with Crippen LogP contribution >= 0.6 is 0 Å². The zero-order chi connectivity index (χ0) is 22.6. The van der Waals surface area contributed by atoms with E-state index < -0.39 is 17.7 Å². The minimum absolute atomic E-state index is 0.0750. The monoisotopic (exact) mass is 419 g/mol. The molecule has 8 heteroatoms. The van der Waals surface area contributed by atoms with Gasteiger partial charge in [0.1, 0.15) is 23.9 Å². The molecule has 166 valence electrons. The van der Waals surface area contributed by atoms with Crippen molar-refractivity contribution in [1.29, 1.82) is 0 Å². The van der Waals surface area contributed by atoms with E-state index in [1.807, 2.05) is 20.8 Å². The second kappa shape index (κ2) is 9.36. The highest BCUT2D eigenvalue weighted by molar-refractivity contribution is 5.91. The molecule has 8 nitrogen and oxygen atoms in total. The van der Waals surface area contributed by atoms with Crippen LogP contribution in [0, 0.1) is 5.92 Å². The zero-order valence-corrected chi connectivity index (χ0v) is 18.6. The van der Waals surface area contributed by atoms with Crippen molar-refractivity contribution in [3.05, 3.63) is 29.8 Å². The highest BCUT2D eigenvalue weighted by Crippen LogP contribution is 2.40. The second-order valence-corrected chi connectivity index (χ2v) is 9.09. The molecule has 30 heavy (non-hydrogen) atoms. The molecule has 1 saturated carbocycles. The van der Waals surface area contributed by atoms with E-state index in [2.05, 4.69) is 10.6 Å². The summed E-state index contributed by atoms with van der Waals surface area (Å²) in [6.45, 7) is 10.7. The minimum atomic E-state index is -0.865. The first kappa shape index (κ1) is 23.5. The molecule has 3 amide bonds. The van der Waals surface area contributed by atoms with Gasteiger partial charge in [-0.25, -0.2) is 4.79 Å². The number of benzene rings is 1. The van der Waals surface area contributed by atoms with Gasteiger partial charge >= 0.3 is 6.09 Å². The fraction of sp³-hybridized carbons (Fsp3) is 0.591. The summed E-state index contributed by atoms with van der Waals surface area (Å²) in [5, 5.41) is 15.0. The average Bonchev–Trinajstić information content (AvgIpc) is 3.32. The van der Waals surface area contributed by atoms with Crippen LogP contribution in [0.4, 0.5) is 4.79 Å². The lowest BCUT2D eigenvalue weighted by atomic mass is 10.0. The largest absolute Gasteiger partial charge is 0.508 e. The third-order valence-corrected chi connectivity index (χ3v) is 4.66. The Morgan fingerprint density at radius 3 is 2.23 bits per heavy atom. The third kappa shape index (κ3) is 6.64. The Balaban J connectivity index is 2.27. The van der Waals surface area contributed by atoms with Crippen LogP contribution in [0.5, 0.6) is 5.75 Å². The lowest BCUT2D eigenvalue weighted by Gasteiger charge is -2.32. The number of nitrogens with zero attached hydrogens (tertiary/aromatic N) is 1. The van der Waals surface area contributed by atoms with Crippen LogP contribution in [-0.4, -0.2) is 52.1 Å². The van der Waals surface area contributed by atoms with Gasteiger partial charge < -0.3 is 25.4 Å². The van der Waals surface area contributed by atoms with Gasteiger partial charge in [0, 0.05) is 12.1 Å². The van der Waals surface area contributed by atoms with Gasteiger partial charge in [0.05, 0.1) is 0 Å². The molecule has 0 aliphatic heterocycles. The van der Waals surface area contributed by atoms with E-state index in [0.29, 0.717) is 5.56 Å². The van der Waals surface area contributed by atoms with Crippen LogP contribution in [0.25, 0.3) is 0 Å². The van der Waals surface area contributed by atoms with Gasteiger partial charge in [-0.15, -0.1) is 0 Å². The van der Waals surface area contributed by atoms with Crippen molar-refractivity contribution < 1.29 is 24.2 Å². The van der Waals surface area contributed by atoms with Crippen molar-refractivity contribution in [3.63, 3.8) is 0 Å². The van der Waals surface area contributed by atoms with Crippen molar-refractivity contribution in [2.45, 2.75) is 71.7 Å². The highest BCUT2D eigenvalue weighted by Gasteiger charge is 2.46. The molecule has 1 fully saturated rings. The second-order valence-electron chi connectivity index (χ2n) is 9.09. The van der Waals surface area contributed by atoms with Crippen LogP contribution in [0.1, 0.15) is 59.6 Å². The van der Waals surface area contributed by atoms with E-state index in [0.717, 1.165) is 6.42 Å². The van der Waals surface area contributed by atoms with E-state index in [9.17, 15) is 19.5 Å². The number of nitrogens with one attached hydrogen (secondary N) is 2. The Hall–Kier alpha value is -2.77. The standard InChI is InChI=1S/C22H33N3O5/c1-13(2)24-20(28)19(15-7-9-16(26)10-8-15)25(17-11-14(17)3)18(27)12-23-21(29)30-22(4,5)6/h7-10,13-14,17,19,26H,11-12H2,1-6H3,(H,23,29)(H,24,28). The molecule has 0 spiro atoms. The average molecular weight is 420 g/mol. The van der Waals surface area contributed by atoms with Crippen LogP contribution in [0.15, 0.2) is 24.3 Å². The number of ether oxygens (including phenoxy) is 1. The molecule has 0 radical (unpaired) electrons. The fourth-order valence-electron chi connectivity index (χ4n) is 3.22. The zero-order valence-electron chi connectivity index (χ0n) is 18.6. The summed E-state index contributed by atoms with van der Waals surface area (Å²) >= 11 is 0. The first-order valence-corrected chi connectivity index (χ1v) is 10.3. The predicted molar refractivity (Wildman–Crippen MR) is 113 cm³/mol. The number of rotatable bonds is 7. The smallest absolute Gasteiger partial charge is 0.408 e. The Bertz CT molecular complexity index is 770. The van der Waals surface area contributed by atoms with Crippen LogP contribution in [0.3, 0.4) is 0 Å². The Morgan fingerprint density at radius 2 is 1.77 bits per heavy atom. The number of amides is 3. The third-order valence-electron chi connectivity index (χ3n) is 4.66. The van der Waals surface area contributed by atoms with E-state index in [1.54, 1.807) is 37.8 Å². The minimum Gasteiger partial charge on any atom is -0.508 e. The molecule has 2 rings (SSSR count). The van der Waals surface area contributed by atoms with Crippen molar-refractivity contribution in [2.75, 3.05) is 6.54 Å². The van der Waals surface area contributed by atoms with E-state index in [1.165, 1.54) is 12.1 Å². The molecule has 0 saturated heterocycles. The number of phenols is 1. The number of phenolic OH excluding ortho intramolecular Hbond substituents is 1. The van der Waals surface area contributed by atoms with Crippen LogP contribution in [-0.2, 0) is 14.3 Å². The van der Waals surface area contributed by atoms with Crippen molar-refractivity contribution in [2.24, 2.45) is 5.92 Å². The molecule has 3 N–H and O–H groups in total. The summed E-state index contributed by atoms with van der Waals surface area (Å²) in [6, 6.07) is 5.17. The molecule has 3 atom stereocenters. The summed E-state index contributed by atoms with van der Waals surface area (Å²) in [7, 11) is 0. The normalized spacial score (nSPS) is 19.0. The molecule has 1 aromatic carbocycles. The molecular formula is C22H33N3O5. The number of carbonyl (C=O) groups excluding carboxylic acids is 3. The van der Waals surface area contributed by atoms with Crippen molar-refractivity contribution >= 4 is 17.9 Å². The summed E-state index contributed by atoms with van der Waals surface area (Å²) < 4.78 is 5.20. The van der Waals surface area contributed by atoms with E-state index >= 15 is 0 Å². The lowest BCUT2D eigenvalue weighted by molar-refractivity contribution is -0.141. The Morgan fingerprint density at radius 1 is 1.20 bits per heavy atom. The van der Waals surface area contributed by atoms with Gasteiger partial charge in [-0.1, -0.05) is 19.1 Å². The van der Waals surface area contributed by atoms with Gasteiger partial charge in [-0.05, 0) is 64.7 Å². The molecule has 1 aromatic rings. The van der Waals surface area contributed by atoms with Crippen molar-refractivity contribution in [3.8, 4) is 5.75 Å². The van der Waals surface area contributed by atoms with Crippen LogP contribution in [0.2, 0.25) is 0 Å². The topological polar surface area (TPSA) is 108 Å². The van der Waals surface area contributed by atoms with E-state index in [4.69, 9.17) is 4.74 Å². The predicted octanol–water partition coefficient (Wildman–Crippen LogP) is 2.72. The molecule has 0 aromatic heterocycles. The Kier molecular flexibility index (Phi) is 7.34. The summed E-state index contributed by atoms with van der Waals surface area (Å²) in [4.78, 5) is 39.7. The van der Waals surface area contributed by atoms with Gasteiger partial charge in [0.25, 0.3) is 0 Å². The molecule has 1 aliphatic carbocycles. The number of aromatic hydroxyl groups is 1. The molecule has 1 aliphatic rings. The molecule has 0 bridgehead atoms. The first-order valence-electron chi connectivity index (χ1n) is 10.3. The number of hydrogen-bond acceptors (Lipinski definition) is 5. The highest BCUT2D eigenvalue weighted by atomic mass is 16.6. The summed E-state index contributed by atoms with van der Waals surface area (Å²) in [5.41, 5.74) is -0.0838.